The molecule has 0 radical (unpaired) electrons. The van der Waals surface area contributed by atoms with Gasteiger partial charge in [0.15, 0.2) is 0 Å². The fourth-order valence-electron chi connectivity index (χ4n) is 2.27. The molecular formula is C15H12BrClFN3. The van der Waals surface area contributed by atoms with Crippen LogP contribution in [0.1, 0.15) is 5.56 Å². The van der Waals surface area contributed by atoms with E-state index in [4.69, 9.17) is 17.3 Å². The topological polar surface area (TPSA) is 43.8 Å². The normalized spacial score (nSPS) is 11.2. The molecule has 0 saturated heterocycles. The molecule has 0 saturated carbocycles. The lowest BCUT2D eigenvalue weighted by molar-refractivity contribution is 0.622. The summed E-state index contributed by atoms with van der Waals surface area (Å²) in [4.78, 5) is 4.20. The molecule has 0 aliphatic heterocycles. The van der Waals surface area contributed by atoms with Crippen LogP contribution < -0.4 is 5.73 Å². The molecule has 0 atom stereocenters. The van der Waals surface area contributed by atoms with E-state index in [1.807, 2.05) is 28.8 Å². The third-order valence-corrected chi connectivity index (χ3v) is 4.22. The standard InChI is InChI=1S/C15H12BrClFN3/c16-11-7-14-13(8-12(11)18)20-15(19)21(14)6-5-9-1-3-10(17)4-2-9/h1-4,7-8H,5-6H2,(H2,19,20). The van der Waals surface area contributed by atoms with Gasteiger partial charge in [-0.2, -0.15) is 0 Å². The van der Waals surface area contributed by atoms with Gasteiger partial charge in [0, 0.05) is 17.6 Å². The number of hydrogen-bond donors (Lipinski definition) is 1. The molecule has 0 bridgehead atoms. The number of anilines is 1. The van der Waals surface area contributed by atoms with E-state index in [0.29, 0.717) is 27.5 Å². The molecule has 3 aromatic rings. The lowest BCUT2D eigenvalue weighted by Crippen LogP contribution is -2.05. The van der Waals surface area contributed by atoms with Crippen LogP contribution in [-0.4, -0.2) is 9.55 Å². The Balaban J connectivity index is 1.91. The van der Waals surface area contributed by atoms with Crippen LogP contribution in [0.2, 0.25) is 5.02 Å². The summed E-state index contributed by atoms with van der Waals surface area (Å²) in [5, 5.41) is 0.714. The van der Waals surface area contributed by atoms with Crippen LogP contribution in [0.4, 0.5) is 10.3 Å². The fraction of sp³-hybridized carbons (Fsp3) is 0.133. The lowest BCUT2D eigenvalue weighted by Gasteiger charge is -2.07. The first-order valence-corrected chi connectivity index (χ1v) is 7.57. The van der Waals surface area contributed by atoms with Gasteiger partial charge >= 0.3 is 0 Å². The molecule has 0 fully saturated rings. The number of benzene rings is 2. The molecule has 3 rings (SSSR count). The SMILES string of the molecule is Nc1nc2cc(F)c(Br)cc2n1CCc1ccc(Cl)cc1. The average Bonchev–Trinajstić information content (AvgIpc) is 2.74. The quantitative estimate of drug-likeness (QED) is 0.744. The van der Waals surface area contributed by atoms with E-state index in [0.717, 1.165) is 17.5 Å². The maximum Gasteiger partial charge on any atom is 0.201 e. The predicted molar refractivity (Wildman–Crippen MR) is 87.0 cm³/mol. The van der Waals surface area contributed by atoms with Crippen LogP contribution in [0.3, 0.4) is 0 Å². The van der Waals surface area contributed by atoms with Crippen molar-refractivity contribution < 1.29 is 4.39 Å². The second-order valence-corrected chi connectivity index (χ2v) is 6.04. The number of aromatic nitrogens is 2. The highest BCUT2D eigenvalue weighted by molar-refractivity contribution is 9.10. The van der Waals surface area contributed by atoms with Crippen molar-refractivity contribution in [1.29, 1.82) is 0 Å². The minimum absolute atomic E-state index is 0.343. The Labute approximate surface area is 134 Å². The lowest BCUT2D eigenvalue weighted by atomic mass is 10.1. The molecule has 0 unspecified atom stereocenters. The van der Waals surface area contributed by atoms with Gasteiger partial charge in [0.2, 0.25) is 5.95 Å². The number of nitrogens with two attached hydrogens (primary N) is 1. The van der Waals surface area contributed by atoms with Crippen molar-refractivity contribution in [2.24, 2.45) is 0 Å². The van der Waals surface area contributed by atoms with Crippen LogP contribution in [0.25, 0.3) is 11.0 Å². The summed E-state index contributed by atoms with van der Waals surface area (Å²) in [5.41, 5.74) is 8.46. The summed E-state index contributed by atoms with van der Waals surface area (Å²) in [7, 11) is 0. The van der Waals surface area contributed by atoms with Crippen LogP contribution in [0, 0.1) is 5.82 Å². The van der Waals surface area contributed by atoms with Crippen molar-refractivity contribution in [2.45, 2.75) is 13.0 Å². The minimum Gasteiger partial charge on any atom is -0.369 e. The van der Waals surface area contributed by atoms with Crippen molar-refractivity contribution in [3.05, 3.63) is 57.3 Å². The Bertz CT molecular complexity index is 799. The zero-order chi connectivity index (χ0) is 15.0. The molecule has 0 spiro atoms. The Morgan fingerprint density at radius 1 is 1.24 bits per heavy atom. The summed E-state index contributed by atoms with van der Waals surface area (Å²) >= 11 is 9.06. The Hall–Kier alpha value is -1.59. The number of nitrogen functional groups attached to an aromatic ring is 1. The zero-order valence-electron chi connectivity index (χ0n) is 11.0. The van der Waals surface area contributed by atoms with E-state index in [1.165, 1.54) is 6.07 Å². The summed E-state index contributed by atoms with van der Waals surface area (Å²) < 4.78 is 15.8. The predicted octanol–water partition coefficient (Wildman–Crippen LogP) is 4.42. The number of imidazole rings is 1. The van der Waals surface area contributed by atoms with Crippen molar-refractivity contribution in [1.82, 2.24) is 9.55 Å². The third-order valence-electron chi connectivity index (χ3n) is 3.36. The molecule has 6 heteroatoms. The van der Waals surface area contributed by atoms with Gasteiger partial charge in [-0.15, -0.1) is 0 Å². The first-order valence-electron chi connectivity index (χ1n) is 6.40. The van der Waals surface area contributed by atoms with Gasteiger partial charge in [-0.05, 0) is 46.1 Å². The minimum atomic E-state index is -0.343. The monoisotopic (exact) mass is 367 g/mol. The van der Waals surface area contributed by atoms with Crippen molar-refractivity contribution >= 4 is 44.5 Å². The van der Waals surface area contributed by atoms with Crippen LogP contribution >= 0.6 is 27.5 Å². The van der Waals surface area contributed by atoms with Gasteiger partial charge < -0.3 is 10.3 Å². The second kappa shape index (κ2) is 5.66. The summed E-state index contributed by atoms with van der Waals surface area (Å²) in [5.74, 6) is 0.0429. The smallest absolute Gasteiger partial charge is 0.201 e. The number of rotatable bonds is 3. The van der Waals surface area contributed by atoms with E-state index in [9.17, 15) is 4.39 Å². The number of hydrogen-bond acceptors (Lipinski definition) is 2. The van der Waals surface area contributed by atoms with E-state index in [-0.39, 0.29) is 5.82 Å². The first-order chi connectivity index (χ1) is 10.0. The van der Waals surface area contributed by atoms with E-state index >= 15 is 0 Å². The summed E-state index contributed by atoms with van der Waals surface area (Å²) in [6.07, 6.45) is 0.793. The van der Waals surface area contributed by atoms with E-state index < -0.39 is 0 Å². The van der Waals surface area contributed by atoms with Gasteiger partial charge in [0.25, 0.3) is 0 Å². The molecule has 3 nitrogen and oxygen atoms in total. The molecular weight excluding hydrogens is 357 g/mol. The van der Waals surface area contributed by atoms with Gasteiger partial charge in [-0.1, -0.05) is 23.7 Å². The number of halogens is 3. The van der Waals surface area contributed by atoms with Gasteiger partial charge in [-0.3, -0.25) is 0 Å². The number of nitrogens with zero attached hydrogens (tertiary/aromatic N) is 2. The number of fused-ring (bicyclic) bond motifs is 1. The van der Waals surface area contributed by atoms with Gasteiger partial charge in [0.05, 0.1) is 15.5 Å². The molecule has 108 valence electrons. The van der Waals surface area contributed by atoms with E-state index in [1.54, 1.807) is 6.07 Å². The highest BCUT2D eigenvalue weighted by Crippen LogP contribution is 2.25. The van der Waals surface area contributed by atoms with Crippen LogP contribution in [0.15, 0.2) is 40.9 Å². The van der Waals surface area contributed by atoms with Crippen molar-refractivity contribution in [2.75, 3.05) is 5.73 Å². The maximum atomic E-state index is 13.5. The Morgan fingerprint density at radius 2 is 1.95 bits per heavy atom. The Morgan fingerprint density at radius 3 is 2.67 bits per heavy atom. The molecule has 0 amide bonds. The molecule has 0 aliphatic rings. The highest BCUT2D eigenvalue weighted by atomic mass is 79.9. The number of aryl methyl sites for hydroxylation is 2. The third kappa shape index (κ3) is 2.89. The highest BCUT2D eigenvalue weighted by Gasteiger charge is 2.11. The largest absolute Gasteiger partial charge is 0.369 e. The molecule has 0 aliphatic carbocycles. The zero-order valence-corrected chi connectivity index (χ0v) is 13.3. The van der Waals surface area contributed by atoms with Crippen molar-refractivity contribution in [3.8, 4) is 0 Å². The fourth-order valence-corrected chi connectivity index (χ4v) is 2.72. The Kier molecular flexibility index (Phi) is 3.87. The van der Waals surface area contributed by atoms with Gasteiger partial charge in [0.1, 0.15) is 5.82 Å². The molecule has 1 heterocycles. The molecule has 1 aromatic heterocycles. The average molecular weight is 369 g/mol. The summed E-state index contributed by atoms with van der Waals surface area (Å²) in [6, 6.07) is 10.8. The molecule has 21 heavy (non-hydrogen) atoms. The van der Waals surface area contributed by atoms with E-state index in [2.05, 4.69) is 20.9 Å². The second-order valence-electron chi connectivity index (χ2n) is 4.75. The van der Waals surface area contributed by atoms with Crippen LogP contribution in [-0.2, 0) is 13.0 Å². The molecule has 2 N–H and O–H groups in total. The van der Waals surface area contributed by atoms with Gasteiger partial charge in [-0.25, -0.2) is 9.37 Å². The maximum absolute atomic E-state index is 13.5. The molecule has 2 aromatic carbocycles. The van der Waals surface area contributed by atoms with Crippen molar-refractivity contribution in [3.63, 3.8) is 0 Å². The first kappa shape index (κ1) is 14.4. The summed E-state index contributed by atoms with van der Waals surface area (Å²) in [6.45, 7) is 0.669. The van der Waals surface area contributed by atoms with Crippen LogP contribution in [0.5, 0.6) is 0 Å².